The molecule has 4 rings (SSSR count). The van der Waals surface area contributed by atoms with Gasteiger partial charge < -0.3 is 4.74 Å². The number of nitrogens with zero attached hydrogens (tertiary/aromatic N) is 2. The van der Waals surface area contributed by atoms with E-state index >= 15 is 0 Å². The van der Waals surface area contributed by atoms with Crippen LogP contribution in [0.15, 0.2) is 76.7 Å². The van der Waals surface area contributed by atoms with Gasteiger partial charge in [0.15, 0.2) is 5.16 Å². The van der Waals surface area contributed by atoms with Crippen LogP contribution in [0.3, 0.4) is 0 Å². The van der Waals surface area contributed by atoms with Gasteiger partial charge in [0.2, 0.25) is 0 Å². The summed E-state index contributed by atoms with van der Waals surface area (Å²) in [6.45, 7) is 0. The first-order valence-corrected chi connectivity index (χ1v) is 9.79. The number of para-hydroxylation sites is 3. The van der Waals surface area contributed by atoms with Gasteiger partial charge >= 0.3 is 0 Å². The van der Waals surface area contributed by atoms with E-state index in [-0.39, 0.29) is 16.9 Å². The third-order valence-electron chi connectivity index (χ3n) is 4.44. The zero-order valence-electron chi connectivity index (χ0n) is 15.4. The molecule has 0 amide bonds. The van der Waals surface area contributed by atoms with E-state index in [1.54, 1.807) is 48.5 Å². The average Bonchev–Trinajstić information content (AvgIpc) is 2.74. The number of aromatic nitrogens is 2. The lowest BCUT2D eigenvalue weighted by Crippen LogP contribution is -2.22. The van der Waals surface area contributed by atoms with Gasteiger partial charge in [-0.15, -0.1) is 0 Å². The summed E-state index contributed by atoms with van der Waals surface area (Å²) < 4.78 is 34.4. The molecule has 29 heavy (non-hydrogen) atoms. The Kier molecular flexibility index (Phi) is 5.31. The molecule has 0 N–H and O–H groups in total. The van der Waals surface area contributed by atoms with Crippen LogP contribution in [-0.4, -0.2) is 16.7 Å². The van der Waals surface area contributed by atoms with E-state index in [4.69, 9.17) is 4.74 Å². The molecular weight excluding hydrogens is 394 g/mol. The second-order valence-electron chi connectivity index (χ2n) is 6.25. The molecule has 4 aromatic rings. The summed E-state index contributed by atoms with van der Waals surface area (Å²) in [6, 6.07) is 17.4. The Balaban J connectivity index is 1.88. The van der Waals surface area contributed by atoms with Crippen LogP contribution in [0.2, 0.25) is 0 Å². The highest BCUT2D eigenvalue weighted by molar-refractivity contribution is 7.98. The van der Waals surface area contributed by atoms with Crippen LogP contribution in [0.1, 0.15) is 5.56 Å². The van der Waals surface area contributed by atoms with E-state index in [9.17, 15) is 13.6 Å². The molecule has 7 heteroatoms. The molecule has 1 heterocycles. The highest BCUT2D eigenvalue weighted by atomic mass is 32.2. The maximum absolute atomic E-state index is 14.1. The summed E-state index contributed by atoms with van der Waals surface area (Å²) in [4.78, 5) is 17.9. The lowest BCUT2D eigenvalue weighted by Gasteiger charge is -2.15. The maximum atomic E-state index is 14.1. The Labute approximate surface area is 169 Å². The summed E-state index contributed by atoms with van der Waals surface area (Å²) in [5.74, 6) is -0.407. The minimum Gasteiger partial charge on any atom is -0.495 e. The molecule has 0 aliphatic rings. The number of hydrogen-bond donors (Lipinski definition) is 0. The molecule has 0 fully saturated rings. The van der Waals surface area contributed by atoms with Crippen LogP contribution in [0.5, 0.6) is 5.75 Å². The van der Waals surface area contributed by atoms with Crippen LogP contribution in [0.4, 0.5) is 8.78 Å². The Morgan fingerprint density at radius 2 is 1.79 bits per heavy atom. The Hall–Kier alpha value is -3.19. The van der Waals surface area contributed by atoms with Crippen molar-refractivity contribution in [3.63, 3.8) is 0 Å². The highest BCUT2D eigenvalue weighted by Crippen LogP contribution is 2.29. The van der Waals surface area contributed by atoms with Crippen molar-refractivity contribution in [2.75, 3.05) is 7.11 Å². The summed E-state index contributed by atoms with van der Waals surface area (Å²) in [5.41, 5.74) is 0.998. The Morgan fingerprint density at radius 1 is 1.03 bits per heavy atom. The van der Waals surface area contributed by atoms with Crippen molar-refractivity contribution in [3.8, 4) is 11.4 Å². The molecule has 0 saturated heterocycles. The van der Waals surface area contributed by atoms with Crippen molar-refractivity contribution in [1.82, 2.24) is 9.55 Å². The number of rotatable bonds is 5. The quantitative estimate of drug-likeness (QED) is 0.344. The van der Waals surface area contributed by atoms with Gasteiger partial charge in [-0.05, 0) is 42.5 Å². The molecule has 0 aliphatic heterocycles. The number of halogens is 2. The Bertz CT molecular complexity index is 1260. The lowest BCUT2D eigenvalue weighted by atomic mass is 10.2. The van der Waals surface area contributed by atoms with Crippen molar-refractivity contribution in [3.05, 3.63) is 94.3 Å². The van der Waals surface area contributed by atoms with Gasteiger partial charge in [-0.2, -0.15) is 0 Å². The van der Waals surface area contributed by atoms with Crippen molar-refractivity contribution < 1.29 is 13.5 Å². The zero-order chi connectivity index (χ0) is 20.4. The molecule has 146 valence electrons. The number of ether oxygens (including phenoxy) is 1. The summed E-state index contributed by atoms with van der Waals surface area (Å²) >= 11 is 1.16. The first-order valence-electron chi connectivity index (χ1n) is 8.80. The molecule has 0 bridgehead atoms. The van der Waals surface area contributed by atoms with E-state index in [1.165, 1.54) is 11.7 Å². The van der Waals surface area contributed by atoms with Crippen LogP contribution >= 0.6 is 11.8 Å². The number of fused-ring (bicyclic) bond motifs is 1. The Morgan fingerprint density at radius 3 is 2.62 bits per heavy atom. The molecule has 0 radical (unpaired) electrons. The summed E-state index contributed by atoms with van der Waals surface area (Å²) in [5, 5.41) is 0.821. The lowest BCUT2D eigenvalue weighted by molar-refractivity contribution is 0.411. The van der Waals surface area contributed by atoms with E-state index in [0.29, 0.717) is 27.5 Å². The van der Waals surface area contributed by atoms with Gasteiger partial charge in [0.05, 0.1) is 23.7 Å². The number of benzene rings is 3. The average molecular weight is 410 g/mol. The van der Waals surface area contributed by atoms with E-state index < -0.39 is 11.6 Å². The fourth-order valence-corrected chi connectivity index (χ4v) is 4.01. The molecule has 1 aromatic heterocycles. The second kappa shape index (κ2) is 8.05. The monoisotopic (exact) mass is 410 g/mol. The molecular formula is C22H16F2N2O2S. The van der Waals surface area contributed by atoms with Crippen molar-refractivity contribution in [1.29, 1.82) is 0 Å². The maximum Gasteiger partial charge on any atom is 0.266 e. The molecule has 0 unspecified atom stereocenters. The number of thioether (sulfide) groups is 1. The van der Waals surface area contributed by atoms with Gasteiger partial charge in [0.1, 0.15) is 17.4 Å². The normalized spacial score (nSPS) is 11.0. The van der Waals surface area contributed by atoms with Crippen LogP contribution < -0.4 is 10.3 Å². The highest BCUT2D eigenvalue weighted by Gasteiger charge is 2.17. The van der Waals surface area contributed by atoms with Gasteiger partial charge in [0.25, 0.3) is 5.56 Å². The first-order chi connectivity index (χ1) is 14.1. The van der Waals surface area contributed by atoms with Crippen LogP contribution in [0, 0.1) is 11.6 Å². The van der Waals surface area contributed by atoms with Crippen molar-refractivity contribution in [2.24, 2.45) is 0 Å². The zero-order valence-corrected chi connectivity index (χ0v) is 16.2. The predicted molar refractivity (Wildman–Crippen MR) is 110 cm³/mol. The molecule has 3 aromatic carbocycles. The van der Waals surface area contributed by atoms with Gasteiger partial charge in [-0.3, -0.25) is 9.36 Å². The van der Waals surface area contributed by atoms with Crippen molar-refractivity contribution >= 4 is 22.7 Å². The van der Waals surface area contributed by atoms with Gasteiger partial charge in [0, 0.05) is 11.3 Å². The molecule has 0 aliphatic carbocycles. The third-order valence-corrected chi connectivity index (χ3v) is 5.42. The first kappa shape index (κ1) is 19.1. The van der Waals surface area contributed by atoms with E-state index in [0.717, 1.165) is 30.0 Å². The third kappa shape index (κ3) is 3.73. The fourth-order valence-electron chi connectivity index (χ4n) is 3.03. The second-order valence-corrected chi connectivity index (χ2v) is 7.19. The van der Waals surface area contributed by atoms with Gasteiger partial charge in [-0.1, -0.05) is 36.0 Å². The smallest absolute Gasteiger partial charge is 0.266 e. The largest absolute Gasteiger partial charge is 0.495 e. The number of methoxy groups -OCH3 is 1. The van der Waals surface area contributed by atoms with E-state index in [1.807, 2.05) is 0 Å². The molecule has 0 saturated carbocycles. The predicted octanol–water partition coefficient (Wildman–Crippen LogP) is 4.96. The fraction of sp³-hybridized carbons (Fsp3) is 0.0909. The summed E-state index contributed by atoms with van der Waals surface area (Å²) in [7, 11) is 1.52. The minimum atomic E-state index is -0.518. The van der Waals surface area contributed by atoms with Crippen LogP contribution in [0.25, 0.3) is 16.6 Å². The molecule has 4 nitrogen and oxygen atoms in total. The molecule has 0 spiro atoms. The molecule has 0 atom stereocenters. The number of hydrogen-bond acceptors (Lipinski definition) is 4. The van der Waals surface area contributed by atoms with Crippen LogP contribution in [-0.2, 0) is 5.75 Å². The minimum absolute atomic E-state index is 0.115. The topological polar surface area (TPSA) is 44.1 Å². The van der Waals surface area contributed by atoms with Gasteiger partial charge in [-0.25, -0.2) is 13.8 Å². The van der Waals surface area contributed by atoms with E-state index in [2.05, 4.69) is 4.98 Å². The standard InChI is InChI=1S/C22H16F2N2O2S/c1-28-20-9-5-4-8-19(20)26-21(27)16-6-2-3-7-18(16)25-22(26)29-13-14-12-15(23)10-11-17(14)24/h2-12H,13H2,1H3. The summed E-state index contributed by atoms with van der Waals surface area (Å²) in [6.07, 6.45) is 0. The van der Waals surface area contributed by atoms with Crippen molar-refractivity contribution in [2.45, 2.75) is 10.9 Å². The SMILES string of the molecule is COc1ccccc1-n1c(SCc2cc(F)ccc2F)nc2ccccc2c1=O.